The second-order valence-corrected chi connectivity index (χ2v) is 7.49. The van der Waals surface area contributed by atoms with Gasteiger partial charge in [0.05, 0.1) is 16.6 Å². The molecule has 0 amide bonds. The number of nitrogens with zero attached hydrogens (tertiary/aromatic N) is 1. The first-order valence-corrected chi connectivity index (χ1v) is 8.35. The number of halogens is 1. The van der Waals surface area contributed by atoms with E-state index in [1.165, 1.54) is 0 Å². The lowest BCUT2D eigenvalue weighted by atomic mass is 10.2. The zero-order chi connectivity index (χ0) is 13.9. The number of H-pyrrole nitrogens is 1. The smallest absolute Gasteiger partial charge is 0.195 e. The molecule has 1 aromatic carbocycles. The van der Waals surface area contributed by atoms with Gasteiger partial charge in [-0.2, -0.15) is 5.10 Å². The fourth-order valence-electron chi connectivity index (χ4n) is 1.95. The highest BCUT2D eigenvalue weighted by Crippen LogP contribution is 2.25. The maximum absolute atomic E-state index is 12.3. The first-order valence-electron chi connectivity index (χ1n) is 6.37. The standard InChI is InChI=1S/C13H17ClN2O2S/c1-2-3-4-5-13(14)19(17,18)11-7-6-10-9-15-16-12(10)8-11/h6-9,13H,2-5H2,1H3,(H,15,16). The Morgan fingerprint density at radius 3 is 2.89 bits per heavy atom. The number of nitrogens with one attached hydrogen (secondary N) is 1. The highest BCUT2D eigenvalue weighted by atomic mass is 35.5. The van der Waals surface area contributed by atoms with Crippen molar-refractivity contribution in [1.82, 2.24) is 10.2 Å². The van der Waals surface area contributed by atoms with Crippen LogP contribution < -0.4 is 0 Å². The molecule has 0 radical (unpaired) electrons. The van der Waals surface area contributed by atoms with Crippen LogP contribution in [0.2, 0.25) is 0 Å². The van der Waals surface area contributed by atoms with Gasteiger partial charge in [-0.1, -0.05) is 26.2 Å². The molecule has 1 aromatic heterocycles. The zero-order valence-electron chi connectivity index (χ0n) is 10.8. The second-order valence-electron chi connectivity index (χ2n) is 4.57. The van der Waals surface area contributed by atoms with Gasteiger partial charge < -0.3 is 0 Å². The number of benzene rings is 1. The summed E-state index contributed by atoms with van der Waals surface area (Å²) >= 11 is 6.05. The zero-order valence-corrected chi connectivity index (χ0v) is 12.3. The number of sulfone groups is 1. The first-order chi connectivity index (χ1) is 9.05. The number of hydrogen-bond donors (Lipinski definition) is 1. The van der Waals surface area contributed by atoms with Crippen LogP contribution in [0.4, 0.5) is 0 Å². The number of hydrogen-bond acceptors (Lipinski definition) is 3. The van der Waals surface area contributed by atoms with Gasteiger partial charge in [-0.3, -0.25) is 5.10 Å². The fourth-order valence-corrected chi connectivity index (χ4v) is 3.73. The van der Waals surface area contributed by atoms with Crippen molar-refractivity contribution in [2.45, 2.75) is 42.2 Å². The number of aromatic amines is 1. The van der Waals surface area contributed by atoms with Crippen LogP contribution in [0.5, 0.6) is 0 Å². The molecule has 0 aliphatic rings. The summed E-state index contributed by atoms with van der Waals surface area (Å²) in [4.78, 5) is 0.251. The van der Waals surface area contributed by atoms with Gasteiger partial charge in [0.15, 0.2) is 9.84 Å². The van der Waals surface area contributed by atoms with Crippen molar-refractivity contribution in [3.05, 3.63) is 24.4 Å². The van der Waals surface area contributed by atoms with E-state index in [0.29, 0.717) is 11.9 Å². The molecule has 0 saturated carbocycles. The summed E-state index contributed by atoms with van der Waals surface area (Å²) in [6, 6.07) is 4.91. The lowest BCUT2D eigenvalue weighted by molar-refractivity contribution is 0.583. The van der Waals surface area contributed by atoms with Crippen molar-refractivity contribution >= 4 is 32.3 Å². The monoisotopic (exact) mass is 300 g/mol. The van der Waals surface area contributed by atoms with Crippen LogP contribution in [0, 0.1) is 0 Å². The lowest BCUT2D eigenvalue weighted by Gasteiger charge is -2.11. The van der Waals surface area contributed by atoms with Crippen LogP contribution >= 0.6 is 11.6 Å². The molecule has 104 valence electrons. The van der Waals surface area contributed by atoms with Gasteiger partial charge in [-0.25, -0.2) is 8.42 Å². The number of aromatic nitrogens is 2. The average Bonchev–Trinajstić information content (AvgIpc) is 2.85. The van der Waals surface area contributed by atoms with E-state index in [9.17, 15) is 8.42 Å². The Bertz CT molecular complexity index is 651. The third-order valence-electron chi connectivity index (χ3n) is 3.11. The first kappa shape index (κ1) is 14.3. The van der Waals surface area contributed by atoms with Gasteiger partial charge in [0.25, 0.3) is 0 Å². The predicted molar refractivity (Wildman–Crippen MR) is 77.1 cm³/mol. The molecule has 0 aliphatic heterocycles. The van der Waals surface area contributed by atoms with Gasteiger partial charge in [-0.15, -0.1) is 11.6 Å². The molecule has 1 N–H and O–H groups in total. The highest BCUT2D eigenvalue weighted by Gasteiger charge is 2.25. The summed E-state index contributed by atoms with van der Waals surface area (Å²) in [5.74, 6) is 0. The maximum atomic E-state index is 12.3. The van der Waals surface area contributed by atoms with E-state index in [2.05, 4.69) is 17.1 Å². The van der Waals surface area contributed by atoms with Gasteiger partial charge >= 0.3 is 0 Å². The molecule has 6 heteroatoms. The summed E-state index contributed by atoms with van der Waals surface area (Å²) in [5.41, 5.74) is 0.707. The number of alkyl halides is 1. The van der Waals surface area contributed by atoms with E-state index < -0.39 is 14.5 Å². The van der Waals surface area contributed by atoms with E-state index >= 15 is 0 Å². The largest absolute Gasteiger partial charge is 0.278 e. The van der Waals surface area contributed by atoms with Crippen LogP contribution in [0.3, 0.4) is 0 Å². The quantitative estimate of drug-likeness (QED) is 0.656. The van der Waals surface area contributed by atoms with E-state index in [0.717, 1.165) is 24.6 Å². The summed E-state index contributed by atoms with van der Waals surface area (Å²) in [7, 11) is -3.47. The molecule has 0 fully saturated rings. The van der Waals surface area contributed by atoms with Gasteiger partial charge in [0.1, 0.15) is 4.71 Å². The maximum Gasteiger partial charge on any atom is 0.195 e. The predicted octanol–water partition coefficient (Wildman–Crippen LogP) is 3.48. The Morgan fingerprint density at radius 1 is 1.37 bits per heavy atom. The number of unbranched alkanes of at least 4 members (excludes halogenated alkanes) is 2. The Balaban J connectivity index is 2.22. The van der Waals surface area contributed by atoms with Gasteiger partial charge in [-0.05, 0) is 24.6 Å². The Labute approximate surface area is 118 Å². The summed E-state index contributed by atoms with van der Waals surface area (Å²) in [6.07, 6.45) is 5.02. The fraction of sp³-hybridized carbons (Fsp3) is 0.462. The molecule has 0 spiro atoms. The highest BCUT2D eigenvalue weighted by molar-refractivity contribution is 7.93. The van der Waals surface area contributed by atoms with E-state index in [-0.39, 0.29) is 4.90 Å². The second kappa shape index (κ2) is 5.92. The molecule has 2 rings (SSSR count). The SMILES string of the molecule is CCCCCC(Cl)S(=O)(=O)c1ccc2cn[nH]c2c1. The molecule has 1 atom stereocenters. The molecular formula is C13H17ClN2O2S. The van der Waals surface area contributed by atoms with Crippen molar-refractivity contribution in [1.29, 1.82) is 0 Å². The lowest BCUT2D eigenvalue weighted by Crippen LogP contribution is -2.15. The number of rotatable bonds is 6. The number of fused-ring (bicyclic) bond motifs is 1. The minimum absolute atomic E-state index is 0.251. The molecule has 4 nitrogen and oxygen atoms in total. The minimum Gasteiger partial charge on any atom is -0.278 e. The molecule has 0 aliphatic carbocycles. The normalized spacial score (nSPS) is 13.8. The van der Waals surface area contributed by atoms with Crippen molar-refractivity contribution in [2.24, 2.45) is 0 Å². The summed E-state index contributed by atoms with van der Waals surface area (Å²) in [6.45, 7) is 2.07. The van der Waals surface area contributed by atoms with Gasteiger partial charge in [0, 0.05) is 5.39 Å². The van der Waals surface area contributed by atoms with Gasteiger partial charge in [0.2, 0.25) is 0 Å². The minimum atomic E-state index is -3.47. The molecule has 0 bridgehead atoms. The Morgan fingerprint density at radius 2 is 2.16 bits per heavy atom. The van der Waals surface area contributed by atoms with Crippen LogP contribution in [0.25, 0.3) is 10.9 Å². The molecule has 1 unspecified atom stereocenters. The summed E-state index contributed by atoms with van der Waals surface area (Å²) < 4.78 is 23.8. The van der Waals surface area contributed by atoms with E-state index in [1.807, 2.05) is 0 Å². The van der Waals surface area contributed by atoms with Crippen molar-refractivity contribution < 1.29 is 8.42 Å². The van der Waals surface area contributed by atoms with E-state index in [4.69, 9.17) is 11.6 Å². The molecular weight excluding hydrogens is 284 g/mol. The van der Waals surface area contributed by atoms with Crippen LogP contribution in [-0.4, -0.2) is 23.3 Å². The van der Waals surface area contributed by atoms with Crippen molar-refractivity contribution in [3.8, 4) is 0 Å². The van der Waals surface area contributed by atoms with E-state index in [1.54, 1.807) is 24.4 Å². The third kappa shape index (κ3) is 3.09. The van der Waals surface area contributed by atoms with Crippen LogP contribution in [-0.2, 0) is 9.84 Å². The van der Waals surface area contributed by atoms with Crippen molar-refractivity contribution in [2.75, 3.05) is 0 Å². The third-order valence-corrected chi connectivity index (χ3v) is 5.86. The molecule has 19 heavy (non-hydrogen) atoms. The average molecular weight is 301 g/mol. The topological polar surface area (TPSA) is 62.8 Å². The summed E-state index contributed by atoms with van der Waals surface area (Å²) in [5, 5.41) is 7.53. The Hall–Kier alpha value is -1.07. The molecule has 0 saturated heterocycles. The van der Waals surface area contributed by atoms with Crippen LogP contribution in [0.15, 0.2) is 29.3 Å². The van der Waals surface area contributed by atoms with Crippen molar-refractivity contribution in [3.63, 3.8) is 0 Å². The van der Waals surface area contributed by atoms with Crippen LogP contribution in [0.1, 0.15) is 32.6 Å². The Kier molecular flexibility index (Phi) is 4.47. The molecule has 1 heterocycles. The molecule has 2 aromatic rings.